The van der Waals surface area contributed by atoms with E-state index in [-0.39, 0.29) is 37.1 Å². The van der Waals surface area contributed by atoms with Crippen molar-refractivity contribution in [3.05, 3.63) is 32.6 Å². The number of aromatic amines is 1. The van der Waals surface area contributed by atoms with Crippen molar-refractivity contribution in [1.82, 2.24) is 14.2 Å². The molecule has 1 aromatic rings. The van der Waals surface area contributed by atoms with Crippen LogP contribution >= 0.6 is 8.53 Å². The van der Waals surface area contributed by atoms with Gasteiger partial charge in [0, 0.05) is 36.7 Å². The first-order chi connectivity index (χ1) is 16.3. The molecular weight excluding hydrogens is 485 g/mol. The highest BCUT2D eigenvalue weighted by Crippen LogP contribution is 2.73. The summed E-state index contributed by atoms with van der Waals surface area (Å²) in [7, 11) is -2.00. The first kappa shape index (κ1) is 26.3. The Balaban J connectivity index is 1.75. The van der Waals surface area contributed by atoms with Gasteiger partial charge in [-0.1, -0.05) is 0 Å². The van der Waals surface area contributed by atoms with Crippen LogP contribution in [-0.4, -0.2) is 67.2 Å². The van der Waals surface area contributed by atoms with E-state index in [0.717, 1.165) is 4.57 Å². The fourth-order valence-electron chi connectivity index (χ4n) is 5.32. The summed E-state index contributed by atoms with van der Waals surface area (Å²) in [5.41, 5.74) is -7.36. The standard InChI is InChI=1S/C22H31F2N4O6P/c1-12(2)28(13(3)4)35(32-8-6-7-25)34-21-10-20(24)11-22(20,31)18(21)33-17(15(21)23)27-9-14(5)16(29)26-19(27)30/h9,12-13,15,17-18,31H,6,8,10-11H2,1-5H3,(H,26,29,30)/t15-,17-,18+,20+,21+,22+,35?/m1/s1. The van der Waals surface area contributed by atoms with E-state index in [1.807, 2.05) is 38.4 Å². The zero-order chi connectivity index (χ0) is 25.9. The minimum atomic E-state index is -2.09. The van der Waals surface area contributed by atoms with Crippen molar-refractivity contribution in [3.63, 3.8) is 0 Å². The Labute approximate surface area is 202 Å². The lowest BCUT2D eigenvalue weighted by Gasteiger charge is -2.41. The number of aromatic nitrogens is 2. The van der Waals surface area contributed by atoms with Crippen LogP contribution in [-0.2, 0) is 13.8 Å². The van der Waals surface area contributed by atoms with Gasteiger partial charge in [0.2, 0.25) is 0 Å². The summed E-state index contributed by atoms with van der Waals surface area (Å²) in [4.78, 5) is 26.4. The molecule has 1 saturated heterocycles. The van der Waals surface area contributed by atoms with Crippen molar-refractivity contribution >= 4 is 8.53 Å². The topological polar surface area (TPSA) is 130 Å². The van der Waals surface area contributed by atoms with Crippen LogP contribution < -0.4 is 11.2 Å². The second-order valence-corrected chi connectivity index (χ2v) is 11.5. The highest BCUT2D eigenvalue weighted by Gasteiger charge is 2.88. The van der Waals surface area contributed by atoms with Gasteiger partial charge in [-0.3, -0.25) is 14.3 Å². The van der Waals surface area contributed by atoms with Crippen molar-refractivity contribution in [2.75, 3.05) is 6.61 Å². The number of hydrogen-bond donors (Lipinski definition) is 2. The average molecular weight is 516 g/mol. The Morgan fingerprint density at radius 3 is 2.63 bits per heavy atom. The van der Waals surface area contributed by atoms with Crippen LogP contribution in [0, 0.1) is 18.3 Å². The van der Waals surface area contributed by atoms with Crippen molar-refractivity contribution in [1.29, 1.82) is 5.26 Å². The van der Waals surface area contributed by atoms with E-state index in [1.54, 1.807) is 0 Å². The maximum Gasteiger partial charge on any atom is 0.330 e. The number of ether oxygens (including phenoxy) is 1. The van der Waals surface area contributed by atoms with E-state index in [1.165, 1.54) is 13.1 Å². The lowest BCUT2D eigenvalue weighted by atomic mass is 9.90. The Kier molecular flexibility index (Phi) is 6.75. The molecule has 7 atom stereocenters. The molecule has 2 N–H and O–H groups in total. The van der Waals surface area contributed by atoms with Gasteiger partial charge in [0.25, 0.3) is 14.1 Å². The third-order valence-electron chi connectivity index (χ3n) is 6.96. The Morgan fingerprint density at radius 1 is 1.37 bits per heavy atom. The largest absolute Gasteiger partial charge is 0.384 e. The SMILES string of the molecule is Cc1cn([C@@H]2O[C@H]3[C@](OP(OCCC#N)N(C(C)C)C(C)C)(C[C@]4(F)C[C@]34O)[C@@H]2F)c(=O)[nH]c1=O. The summed E-state index contributed by atoms with van der Waals surface area (Å²) in [5.74, 6) is 0. The van der Waals surface area contributed by atoms with E-state index in [9.17, 15) is 14.7 Å². The molecular formula is C22H31F2N4O6P. The molecule has 194 valence electrons. The van der Waals surface area contributed by atoms with Crippen LogP contribution in [0.5, 0.6) is 0 Å². The summed E-state index contributed by atoms with van der Waals surface area (Å²) < 4.78 is 52.6. The van der Waals surface area contributed by atoms with Crippen molar-refractivity contribution in [2.45, 2.75) is 101 Å². The molecule has 0 bridgehead atoms. The number of nitriles is 1. The van der Waals surface area contributed by atoms with E-state index < -0.39 is 61.6 Å². The molecule has 0 radical (unpaired) electrons. The van der Waals surface area contributed by atoms with Crippen molar-refractivity contribution in [2.24, 2.45) is 0 Å². The van der Waals surface area contributed by atoms with Gasteiger partial charge in [-0.2, -0.15) is 5.26 Å². The predicted octanol–water partition coefficient (Wildman–Crippen LogP) is 2.36. The number of nitrogens with zero attached hydrogens (tertiary/aromatic N) is 3. The molecule has 0 spiro atoms. The monoisotopic (exact) mass is 516 g/mol. The number of alkyl halides is 2. The smallest absolute Gasteiger partial charge is 0.330 e. The maximum absolute atomic E-state index is 16.3. The average Bonchev–Trinajstić information content (AvgIpc) is 3.08. The number of rotatable bonds is 9. The second-order valence-electron chi connectivity index (χ2n) is 10.1. The van der Waals surface area contributed by atoms with Gasteiger partial charge in [0.15, 0.2) is 12.4 Å². The molecule has 1 aliphatic heterocycles. The molecule has 0 aromatic carbocycles. The number of nitrogens with one attached hydrogen (secondary N) is 1. The summed E-state index contributed by atoms with van der Waals surface area (Å²) in [5, 5.41) is 20.0. The quantitative estimate of drug-likeness (QED) is 0.378. The second kappa shape index (κ2) is 8.98. The van der Waals surface area contributed by atoms with Gasteiger partial charge in [0.05, 0.1) is 19.1 Å². The number of hydrogen-bond acceptors (Lipinski definition) is 8. The molecule has 0 amide bonds. The van der Waals surface area contributed by atoms with Gasteiger partial charge in [-0.25, -0.2) is 18.2 Å². The Hall–Kier alpha value is -1.74. The first-order valence-electron chi connectivity index (χ1n) is 11.6. The van der Waals surface area contributed by atoms with Gasteiger partial charge in [-0.15, -0.1) is 0 Å². The van der Waals surface area contributed by atoms with Crippen molar-refractivity contribution in [3.8, 4) is 6.07 Å². The minimum Gasteiger partial charge on any atom is -0.384 e. The highest BCUT2D eigenvalue weighted by molar-refractivity contribution is 7.44. The van der Waals surface area contributed by atoms with Gasteiger partial charge >= 0.3 is 5.69 Å². The normalized spacial score (nSPS) is 36.5. The third-order valence-corrected chi connectivity index (χ3v) is 9.16. The van der Waals surface area contributed by atoms with Gasteiger partial charge in [0.1, 0.15) is 23.0 Å². The Morgan fingerprint density at radius 2 is 2.03 bits per heavy atom. The van der Waals surface area contributed by atoms with Crippen LogP contribution in [0.3, 0.4) is 0 Å². The summed E-state index contributed by atoms with van der Waals surface area (Å²) >= 11 is 0. The number of aryl methyl sites for hydroxylation is 1. The molecule has 13 heteroatoms. The van der Waals surface area contributed by atoms with E-state index in [4.69, 9.17) is 19.0 Å². The number of halogens is 2. The molecule has 10 nitrogen and oxygen atoms in total. The van der Waals surface area contributed by atoms with Gasteiger partial charge in [-0.05, 0) is 34.6 Å². The van der Waals surface area contributed by atoms with E-state index in [0.29, 0.717) is 0 Å². The number of fused-ring (bicyclic) bond motifs is 3. The molecule has 2 aliphatic carbocycles. The molecule has 2 saturated carbocycles. The van der Waals surface area contributed by atoms with Crippen LogP contribution in [0.2, 0.25) is 0 Å². The number of aliphatic hydroxyl groups is 1. The zero-order valence-electron chi connectivity index (χ0n) is 20.3. The van der Waals surface area contributed by atoms with Crippen LogP contribution in [0.15, 0.2) is 15.8 Å². The number of H-pyrrole nitrogens is 1. The van der Waals surface area contributed by atoms with Crippen molar-refractivity contribution < 1.29 is 27.7 Å². The molecule has 3 aliphatic rings. The summed E-state index contributed by atoms with van der Waals surface area (Å²) in [6, 6.07) is 1.78. The summed E-state index contributed by atoms with van der Waals surface area (Å²) in [6.45, 7) is 9.09. The highest BCUT2D eigenvalue weighted by atomic mass is 31.2. The molecule has 4 rings (SSSR count). The summed E-state index contributed by atoms with van der Waals surface area (Å²) in [6.07, 6.45) is -4.51. The van der Waals surface area contributed by atoms with E-state index in [2.05, 4.69) is 4.98 Å². The maximum atomic E-state index is 16.3. The fourth-order valence-corrected chi connectivity index (χ4v) is 7.15. The van der Waals surface area contributed by atoms with Crippen LogP contribution in [0.25, 0.3) is 0 Å². The predicted molar refractivity (Wildman–Crippen MR) is 122 cm³/mol. The fraction of sp³-hybridized carbons (Fsp3) is 0.773. The first-order valence-corrected chi connectivity index (χ1v) is 12.7. The van der Waals surface area contributed by atoms with Crippen LogP contribution in [0.1, 0.15) is 58.7 Å². The zero-order valence-corrected chi connectivity index (χ0v) is 21.2. The molecule has 1 unspecified atom stereocenters. The Bertz CT molecular complexity index is 1130. The minimum absolute atomic E-state index is 0.0176. The molecule has 2 heterocycles. The molecule has 3 fully saturated rings. The third kappa shape index (κ3) is 4.06. The van der Waals surface area contributed by atoms with E-state index >= 15 is 8.78 Å². The van der Waals surface area contributed by atoms with Gasteiger partial charge < -0.3 is 18.9 Å². The molecule has 1 aromatic heterocycles. The molecule has 35 heavy (non-hydrogen) atoms. The lowest BCUT2D eigenvalue weighted by Crippen LogP contribution is -2.50. The lowest BCUT2D eigenvalue weighted by molar-refractivity contribution is -0.105. The van der Waals surface area contributed by atoms with Crippen LogP contribution in [0.4, 0.5) is 8.78 Å².